The molecule has 1 aromatic rings. The van der Waals surface area contributed by atoms with Gasteiger partial charge in [-0.05, 0) is 36.9 Å². The molecule has 0 bridgehead atoms. The molecule has 0 heterocycles. The Morgan fingerprint density at radius 2 is 2.00 bits per heavy atom. The van der Waals surface area contributed by atoms with Crippen molar-refractivity contribution in [2.75, 3.05) is 13.1 Å². The summed E-state index contributed by atoms with van der Waals surface area (Å²) < 4.78 is 13.5. The quantitative estimate of drug-likeness (QED) is 0.709. The van der Waals surface area contributed by atoms with Gasteiger partial charge in [-0.2, -0.15) is 0 Å². The van der Waals surface area contributed by atoms with Crippen LogP contribution in [0.1, 0.15) is 38.2 Å². The molecular weight excluding hydrogens is 189 g/mol. The summed E-state index contributed by atoms with van der Waals surface area (Å²) >= 11 is 0. The van der Waals surface area contributed by atoms with Crippen LogP contribution in [0.3, 0.4) is 0 Å². The fourth-order valence-electron chi connectivity index (χ4n) is 1.73. The Bertz CT molecular complexity index is 286. The van der Waals surface area contributed by atoms with E-state index in [1.54, 1.807) is 6.07 Å². The fraction of sp³-hybridized carbons (Fsp3) is 0.538. The normalized spacial score (nSPS) is 12.7. The van der Waals surface area contributed by atoms with Crippen molar-refractivity contribution in [3.05, 3.63) is 35.6 Å². The number of halogens is 1. The van der Waals surface area contributed by atoms with Gasteiger partial charge in [0.15, 0.2) is 0 Å². The second kappa shape index (κ2) is 6.57. The zero-order valence-corrected chi connectivity index (χ0v) is 9.59. The van der Waals surface area contributed by atoms with Crippen molar-refractivity contribution >= 4 is 0 Å². The van der Waals surface area contributed by atoms with Crippen LogP contribution in [-0.4, -0.2) is 13.1 Å². The Labute approximate surface area is 91.7 Å². The largest absolute Gasteiger partial charge is 0.316 e. The van der Waals surface area contributed by atoms with Crippen molar-refractivity contribution in [3.8, 4) is 0 Å². The predicted molar refractivity (Wildman–Crippen MR) is 62.6 cm³/mol. The van der Waals surface area contributed by atoms with E-state index in [9.17, 15) is 4.39 Å². The Morgan fingerprint density at radius 1 is 1.27 bits per heavy atom. The minimum atomic E-state index is -0.0809. The van der Waals surface area contributed by atoms with Gasteiger partial charge in [-0.15, -0.1) is 0 Å². The molecule has 0 amide bonds. The molecule has 1 atom stereocenters. The lowest BCUT2D eigenvalue weighted by molar-refractivity contribution is 0.529. The molecule has 0 saturated heterocycles. The molecule has 1 aromatic carbocycles. The van der Waals surface area contributed by atoms with E-state index in [0.717, 1.165) is 31.5 Å². The molecule has 0 saturated carbocycles. The summed E-state index contributed by atoms with van der Waals surface area (Å²) in [6, 6.07) is 7.07. The highest BCUT2D eigenvalue weighted by Crippen LogP contribution is 2.21. The van der Waals surface area contributed by atoms with E-state index in [0.29, 0.717) is 0 Å². The predicted octanol–water partition coefficient (Wildman–Crippen LogP) is 3.32. The molecule has 0 spiro atoms. The van der Waals surface area contributed by atoms with Gasteiger partial charge in [0.25, 0.3) is 0 Å². The molecule has 0 aliphatic rings. The third-order valence-corrected chi connectivity index (χ3v) is 2.66. The summed E-state index contributed by atoms with van der Waals surface area (Å²) in [5, 5.41) is 3.35. The second-order valence-corrected chi connectivity index (χ2v) is 3.83. The fourth-order valence-corrected chi connectivity index (χ4v) is 1.73. The van der Waals surface area contributed by atoms with Gasteiger partial charge >= 0.3 is 0 Å². The van der Waals surface area contributed by atoms with Crippen molar-refractivity contribution in [2.24, 2.45) is 0 Å². The summed E-state index contributed by atoms with van der Waals surface area (Å²) in [7, 11) is 0. The summed E-state index contributed by atoms with van der Waals surface area (Å²) in [6.45, 7) is 6.11. The van der Waals surface area contributed by atoms with Crippen molar-refractivity contribution in [3.63, 3.8) is 0 Å². The van der Waals surface area contributed by atoms with E-state index in [2.05, 4.69) is 19.2 Å². The van der Waals surface area contributed by atoms with E-state index in [4.69, 9.17) is 0 Å². The first kappa shape index (κ1) is 12.2. The lowest BCUT2D eigenvalue weighted by Gasteiger charge is -2.16. The van der Waals surface area contributed by atoms with E-state index < -0.39 is 0 Å². The topological polar surface area (TPSA) is 12.0 Å². The number of benzene rings is 1. The van der Waals surface area contributed by atoms with Gasteiger partial charge in [0.1, 0.15) is 5.82 Å². The highest BCUT2D eigenvalue weighted by molar-refractivity contribution is 5.21. The van der Waals surface area contributed by atoms with Crippen molar-refractivity contribution in [2.45, 2.75) is 32.6 Å². The third kappa shape index (κ3) is 3.63. The highest BCUT2D eigenvalue weighted by atomic mass is 19.1. The molecular formula is C13H20FN. The van der Waals surface area contributed by atoms with Gasteiger partial charge in [-0.1, -0.05) is 32.0 Å². The van der Waals surface area contributed by atoms with Gasteiger partial charge in [-0.3, -0.25) is 0 Å². The molecule has 0 aliphatic carbocycles. The third-order valence-electron chi connectivity index (χ3n) is 2.66. The monoisotopic (exact) mass is 209 g/mol. The molecule has 15 heavy (non-hydrogen) atoms. The number of hydrogen-bond donors (Lipinski definition) is 1. The Morgan fingerprint density at radius 3 is 2.60 bits per heavy atom. The van der Waals surface area contributed by atoms with Gasteiger partial charge in [0, 0.05) is 6.54 Å². The van der Waals surface area contributed by atoms with Crippen LogP contribution < -0.4 is 5.32 Å². The average Bonchev–Trinajstić information content (AvgIpc) is 2.26. The maximum atomic E-state index is 13.5. The highest BCUT2D eigenvalue weighted by Gasteiger charge is 2.12. The second-order valence-electron chi connectivity index (χ2n) is 3.83. The molecule has 0 radical (unpaired) electrons. The standard InChI is InChI=1S/C13H20FN/c1-3-9-15-10-11(4-2)12-7-5-6-8-13(12)14/h5-8,11,15H,3-4,9-10H2,1-2H3. The first-order valence-electron chi connectivity index (χ1n) is 5.74. The molecule has 1 unspecified atom stereocenters. The van der Waals surface area contributed by atoms with Gasteiger partial charge in [0.05, 0.1) is 0 Å². The Balaban J connectivity index is 2.61. The zero-order valence-electron chi connectivity index (χ0n) is 9.59. The minimum Gasteiger partial charge on any atom is -0.316 e. The number of nitrogens with one attached hydrogen (secondary N) is 1. The minimum absolute atomic E-state index is 0.0809. The maximum absolute atomic E-state index is 13.5. The molecule has 84 valence electrons. The summed E-state index contributed by atoms with van der Waals surface area (Å²) in [4.78, 5) is 0. The average molecular weight is 209 g/mol. The number of rotatable bonds is 6. The van der Waals surface area contributed by atoms with Crippen LogP contribution in [0, 0.1) is 5.82 Å². The Kier molecular flexibility index (Phi) is 5.33. The number of hydrogen-bond acceptors (Lipinski definition) is 1. The van der Waals surface area contributed by atoms with Crippen molar-refractivity contribution in [1.29, 1.82) is 0 Å². The van der Waals surface area contributed by atoms with E-state index in [-0.39, 0.29) is 11.7 Å². The van der Waals surface area contributed by atoms with E-state index in [1.165, 1.54) is 6.07 Å². The molecule has 2 heteroatoms. The van der Waals surface area contributed by atoms with Crippen LogP contribution >= 0.6 is 0 Å². The van der Waals surface area contributed by atoms with Crippen LogP contribution in [0.4, 0.5) is 4.39 Å². The van der Waals surface area contributed by atoms with Crippen LogP contribution in [0.2, 0.25) is 0 Å². The van der Waals surface area contributed by atoms with E-state index in [1.807, 2.05) is 12.1 Å². The Hall–Kier alpha value is -0.890. The molecule has 0 aliphatic heterocycles. The first-order valence-corrected chi connectivity index (χ1v) is 5.74. The molecule has 1 N–H and O–H groups in total. The van der Waals surface area contributed by atoms with Crippen LogP contribution in [-0.2, 0) is 0 Å². The molecule has 1 rings (SSSR count). The lowest BCUT2D eigenvalue weighted by Crippen LogP contribution is -2.22. The van der Waals surface area contributed by atoms with Gasteiger partial charge in [-0.25, -0.2) is 4.39 Å². The van der Waals surface area contributed by atoms with Gasteiger partial charge < -0.3 is 5.32 Å². The van der Waals surface area contributed by atoms with Gasteiger partial charge in [0.2, 0.25) is 0 Å². The van der Waals surface area contributed by atoms with Crippen molar-refractivity contribution in [1.82, 2.24) is 5.32 Å². The summed E-state index contributed by atoms with van der Waals surface area (Å²) in [5.74, 6) is 0.209. The smallest absolute Gasteiger partial charge is 0.126 e. The zero-order chi connectivity index (χ0) is 11.1. The van der Waals surface area contributed by atoms with Crippen LogP contribution in [0.25, 0.3) is 0 Å². The molecule has 0 aromatic heterocycles. The summed E-state index contributed by atoms with van der Waals surface area (Å²) in [6.07, 6.45) is 2.09. The van der Waals surface area contributed by atoms with E-state index >= 15 is 0 Å². The van der Waals surface area contributed by atoms with Crippen molar-refractivity contribution < 1.29 is 4.39 Å². The molecule has 0 fully saturated rings. The summed E-state index contributed by atoms with van der Waals surface area (Å²) in [5.41, 5.74) is 0.837. The maximum Gasteiger partial charge on any atom is 0.126 e. The molecule has 1 nitrogen and oxygen atoms in total. The first-order chi connectivity index (χ1) is 7.29. The SMILES string of the molecule is CCCNCC(CC)c1ccccc1F. The lowest BCUT2D eigenvalue weighted by atomic mass is 9.96. The van der Waals surface area contributed by atoms with Crippen LogP contribution in [0.5, 0.6) is 0 Å². The van der Waals surface area contributed by atoms with Crippen LogP contribution in [0.15, 0.2) is 24.3 Å².